The van der Waals surface area contributed by atoms with Gasteiger partial charge in [-0.1, -0.05) is 35.9 Å². The van der Waals surface area contributed by atoms with Crippen LogP contribution in [0.5, 0.6) is 0 Å². The lowest BCUT2D eigenvalue weighted by atomic mass is 9.97. The molecule has 0 saturated carbocycles. The summed E-state index contributed by atoms with van der Waals surface area (Å²) in [6.07, 6.45) is 0.211. The van der Waals surface area contributed by atoms with Crippen LogP contribution in [0, 0.1) is 18.6 Å². The SMILES string of the molecule is Cc1ccc(C(Cc2cccc(Cl)c2F)NN)c(F)c1. The third-order valence-corrected chi connectivity index (χ3v) is 3.48. The van der Waals surface area contributed by atoms with E-state index in [4.69, 9.17) is 17.4 Å². The van der Waals surface area contributed by atoms with E-state index in [0.29, 0.717) is 11.1 Å². The molecule has 0 bridgehead atoms. The number of nitrogens with two attached hydrogens (primary N) is 1. The molecule has 20 heavy (non-hydrogen) atoms. The molecular formula is C15H15ClF2N2. The lowest BCUT2D eigenvalue weighted by Gasteiger charge is -2.18. The molecule has 2 rings (SSSR count). The van der Waals surface area contributed by atoms with Crippen LogP contribution in [-0.2, 0) is 6.42 Å². The van der Waals surface area contributed by atoms with Crippen LogP contribution in [0.4, 0.5) is 8.78 Å². The van der Waals surface area contributed by atoms with Crippen molar-refractivity contribution in [2.24, 2.45) is 5.84 Å². The van der Waals surface area contributed by atoms with Crippen molar-refractivity contribution >= 4 is 11.6 Å². The third-order valence-electron chi connectivity index (χ3n) is 3.19. The highest BCUT2D eigenvalue weighted by atomic mass is 35.5. The van der Waals surface area contributed by atoms with Crippen molar-refractivity contribution in [3.8, 4) is 0 Å². The van der Waals surface area contributed by atoms with Crippen molar-refractivity contribution in [2.75, 3.05) is 0 Å². The Hall–Kier alpha value is -1.49. The zero-order chi connectivity index (χ0) is 14.7. The Morgan fingerprint density at radius 3 is 2.65 bits per heavy atom. The van der Waals surface area contributed by atoms with Gasteiger partial charge in [0, 0.05) is 5.56 Å². The van der Waals surface area contributed by atoms with Crippen molar-refractivity contribution < 1.29 is 8.78 Å². The fraction of sp³-hybridized carbons (Fsp3) is 0.200. The maximum atomic E-state index is 14.0. The molecule has 0 aromatic heterocycles. The summed E-state index contributed by atoms with van der Waals surface area (Å²) in [6, 6.07) is 9.07. The molecule has 0 fully saturated rings. The molecule has 5 heteroatoms. The molecule has 106 valence electrons. The van der Waals surface area contributed by atoms with Gasteiger partial charge in [0.25, 0.3) is 0 Å². The minimum absolute atomic E-state index is 0.0441. The molecule has 2 aromatic carbocycles. The zero-order valence-corrected chi connectivity index (χ0v) is 11.7. The molecule has 2 nitrogen and oxygen atoms in total. The van der Waals surface area contributed by atoms with Crippen molar-refractivity contribution in [1.82, 2.24) is 5.43 Å². The number of nitrogens with one attached hydrogen (secondary N) is 1. The second-order valence-electron chi connectivity index (χ2n) is 4.66. The smallest absolute Gasteiger partial charge is 0.145 e. The number of rotatable bonds is 4. The first kappa shape index (κ1) is 14.9. The Labute approximate surface area is 121 Å². The van der Waals surface area contributed by atoms with E-state index < -0.39 is 11.9 Å². The van der Waals surface area contributed by atoms with Crippen LogP contribution in [0.25, 0.3) is 0 Å². The van der Waals surface area contributed by atoms with E-state index in [1.54, 1.807) is 31.2 Å². The average molecular weight is 297 g/mol. The Morgan fingerprint density at radius 1 is 1.25 bits per heavy atom. The summed E-state index contributed by atoms with van der Waals surface area (Å²) in [4.78, 5) is 0. The Balaban J connectivity index is 2.31. The Kier molecular flexibility index (Phi) is 4.70. The van der Waals surface area contributed by atoms with Crippen molar-refractivity contribution in [2.45, 2.75) is 19.4 Å². The molecule has 0 radical (unpaired) electrons. The van der Waals surface area contributed by atoms with Gasteiger partial charge >= 0.3 is 0 Å². The minimum atomic E-state index is -0.524. The number of hydrogen-bond acceptors (Lipinski definition) is 2. The highest BCUT2D eigenvalue weighted by Crippen LogP contribution is 2.25. The van der Waals surface area contributed by atoms with Gasteiger partial charge in [0.2, 0.25) is 0 Å². The maximum absolute atomic E-state index is 14.0. The normalized spacial score (nSPS) is 12.4. The van der Waals surface area contributed by atoms with Crippen molar-refractivity contribution in [3.63, 3.8) is 0 Å². The summed E-state index contributed by atoms with van der Waals surface area (Å²) in [7, 11) is 0. The lowest BCUT2D eigenvalue weighted by molar-refractivity contribution is 0.498. The average Bonchev–Trinajstić information content (AvgIpc) is 2.41. The van der Waals surface area contributed by atoms with Gasteiger partial charge in [-0.15, -0.1) is 0 Å². The number of halogens is 3. The summed E-state index contributed by atoms with van der Waals surface area (Å²) >= 11 is 5.74. The molecule has 0 heterocycles. The zero-order valence-electron chi connectivity index (χ0n) is 11.0. The number of hydrazine groups is 1. The van der Waals surface area contributed by atoms with E-state index in [1.807, 2.05) is 0 Å². The highest BCUT2D eigenvalue weighted by molar-refractivity contribution is 6.30. The van der Waals surface area contributed by atoms with E-state index in [9.17, 15) is 8.78 Å². The van der Waals surface area contributed by atoms with Gasteiger partial charge in [-0.2, -0.15) is 0 Å². The van der Waals surface area contributed by atoms with Crippen LogP contribution < -0.4 is 11.3 Å². The van der Waals surface area contributed by atoms with Crippen LogP contribution in [0.2, 0.25) is 5.02 Å². The summed E-state index contributed by atoms with van der Waals surface area (Å²) in [6.45, 7) is 1.80. The summed E-state index contributed by atoms with van der Waals surface area (Å²) in [5.74, 6) is 4.61. The van der Waals surface area contributed by atoms with Gasteiger partial charge in [0.05, 0.1) is 11.1 Å². The first-order chi connectivity index (χ1) is 9.52. The van der Waals surface area contributed by atoms with Crippen LogP contribution in [0.1, 0.15) is 22.7 Å². The quantitative estimate of drug-likeness (QED) is 0.667. The molecule has 2 aromatic rings. The second-order valence-corrected chi connectivity index (χ2v) is 5.07. The van der Waals surface area contributed by atoms with Gasteiger partial charge in [0.1, 0.15) is 11.6 Å². The molecule has 3 N–H and O–H groups in total. The number of benzene rings is 2. The third kappa shape index (κ3) is 3.15. The van der Waals surface area contributed by atoms with Gasteiger partial charge in [-0.05, 0) is 36.6 Å². The first-order valence-corrected chi connectivity index (χ1v) is 6.55. The Bertz CT molecular complexity index is 617. The highest BCUT2D eigenvalue weighted by Gasteiger charge is 2.17. The van der Waals surface area contributed by atoms with Crippen LogP contribution in [0.3, 0.4) is 0 Å². The molecule has 1 unspecified atom stereocenters. The molecule has 0 aliphatic carbocycles. The summed E-state index contributed by atoms with van der Waals surface area (Å²) < 4.78 is 27.8. The number of aryl methyl sites for hydroxylation is 1. The predicted octanol–water partition coefficient (Wildman–Crippen LogP) is 3.67. The largest absolute Gasteiger partial charge is 0.271 e. The van der Waals surface area contributed by atoms with E-state index in [1.165, 1.54) is 12.1 Å². The molecular weight excluding hydrogens is 282 g/mol. The monoisotopic (exact) mass is 296 g/mol. The molecule has 0 spiro atoms. The van der Waals surface area contributed by atoms with E-state index in [2.05, 4.69) is 5.43 Å². The minimum Gasteiger partial charge on any atom is -0.271 e. The maximum Gasteiger partial charge on any atom is 0.145 e. The van der Waals surface area contributed by atoms with Gasteiger partial charge in [0.15, 0.2) is 0 Å². The van der Waals surface area contributed by atoms with Crippen molar-refractivity contribution in [3.05, 3.63) is 69.7 Å². The van der Waals surface area contributed by atoms with Gasteiger partial charge in [-0.25, -0.2) is 8.78 Å². The van der Waals surface area contributed by atoms with Crippen molar-refractivity contribution in [1.29, 1.82) is 0 Å². The predicted molar refractivity (Wildman–Crippen MR) is 76.3 cm³/mol. The summed E-state index contributed by atoms with van der Waals surface area (Å²) in [5, 5.41) is 0.0441. The molecule has 1 atom stereocenters. The standard InChI is InChI=1S/C15H15ClF2N2/c1-9-5-6-11(13(17)7-9)14(20-19)8-10-3-2-4-12(16)15(10)18/h2-7,14,20H,8,19H2,1H3. The van der Waals surface area contributed by atoms with Crippen LogP contribution in [0.15, 0.2) is 36.4 Å². The fourth-order valence-electron chi connectivity index (χ4n) is 2.10. The molecule has 0 amide bonds. The Morgan fingerprint density at radius 2 is 2.00 bits per heavy atom. The molecule has 0 aliphatic rings. The topological polar surface area (TPSA) is 38.0 Å². The lowest BCUT2D eigenvalue weighted by Crippen LogP contribution is -2.30. The fourth-order valence-corrected chi connectivity index (χ4v) is 2.29. The first-order valence-electron chi connectivity index (χ1n) is 6.18. The van der Waals surface area contributed by atoms with E-state index >= 15 is 0 Å². The summed E-state index contributed by atoms with van der Waals surface area (Å²) in [5.41, 5.74) is 4.13. The van der Waals surface area contributed by atoms with Crippen LogP contribution in [-0.4, -0.2) is 0 Å². The van der Waals surface area contributed by atoms with E-state index in [-0.39, 0.29) is 17.3 Å². The van der Waals surface area contributed by atoms with Gasteiger partial charge < -0.3 is 0 Å². The number of hydrogen-bond donors (Lipinski definition) is 2. The second kappa shape index (κ2) is 6.31. The molecule has 0 saturated heterocycles. The van der Waals surface area contributed by atoms with Crippen LogP contribution >= 0.6 is 11.6 Å². The molecule has 0 aliphatic heterocycles. The van der Waals surface area contributed by atoms with Gasteiger partial charge in [-0.3, -0.25) is 11.3 Å². The van der Waals surface area contributed by atoms with E-state index in [0.717, 1.165) is 5.56 Å².